The lowest BCUT2D eigenvalue weighted by molar-refractivity contribution is -0.0645. The van der Waals surface area contributed by atoms with E-state index in [0.29, 0.717) is 0 Å². The van der Waals surface area contributed by atoms with Gasteiger partial charge in [0.1, 0.15) is 5.49 Å². The standard InChI is InChI=1S/CHF2NS/c2-4(3)1-5/h1H. The molecule has 0 amide bonds. The summed E-state index contributed by atoms with van der Waals surface area (Å²) in [6.07, 6.45) is 0. The van der Waals surface area contributed by atoms with Crippen LogP contribution in [0.3, 0.4) is 0 Å². The first-order valence-electron chi connectivity index (χ1n) is 0.832. The minimum absolute atomic E-state index is 0.250. The fraction of sp³-hybridized carbons (Fsp3) is 0. The van der Waals surface area contributed by atoms with E-state index >= 15 is 0 Å². The first-order valence-corrected chi connectivity index (χ1v) is 1.30. The van der Waals surface area contributed by atoms with Crippen molar-refractivity contribution in [3.8, 4) is 0 Å². The van der Waals surface area contributed by atoms with Crippen LogP contribution in [0.4, 0.5) is 8.96 Å². The number of thiocarbonyl (C=S) groups is 1. The molecule has 0 aromatic carbocycles. The quantitative estimate of drug-likeness (QED) is 0.355. The van der Waals surface area contributed by atoms with Gasteiger partial charge in [-0.2, -0.15) is 0 Å². The second-order valence-electron chi connectivity index (χ2n) is 0.364. The molecule has 0 heterocycles. The van der Waals surface area contributed by atoms with Crippen LogP contribution in [0, 0.1) is 0 Å². The molecule has 0 saturated carbocycles. The Hall–Kier alpha value is -0.250. The molecule has 0 aromatic heterocycles. The zero-order chi connectivity index (χ0) is 4.28. The molecule has 0 aromatic rings. The summed E-state index contributed by atoms with van der Waals surface area (Å²) >= 11 is 3.73. The van der Waals surface area contributed by atoms with Crippen molar-refractivity contribution >= 4 is 17.7 Å². The molecular formula is CHF2NS. The second-order valence-corrected chi connectivity index (χ2v) is 0.575. The maximum Gasteiger partial charge on any atom is 0.132 e. The van der Waals surface area contributed by atoms with Crippen molar-refractivity contribution in [3.05, 3.63) is 0 Å². The molecule has 0 bridgehead atoms. The highest BCUT2D eigenvalue weighted by molar-refractivity contribution is 7.78. The largest absolute Gasteiger partial charge is 0.132 e. The van der Waals surface area contributed by atoms with Crippen LogP contribution in [-0.2, 0) is 0 Å². The topological polar surface area (TPSA) is 3.24 Å². The van der Waals surface area contributed by atoms with Crippen LogP contribution < -0.4 is 0 Å². The van der Waals surface area contributed by atoms with Gasteiger partial charge in [0.15, 0.2) is 0 Å². The van der Waals surface area contributed by atoms with Gasteiger partial charge in [0.2, 0.25) is 0 Å². The molecule has 0 unspecified atom stereocenters. The van der Waals surface area contributed by atoms with E-state index in [2.05, 4.69) is 12.2 Å². The Bertz CT molecular complexity index is 36.6. The summed E-state index contributed by atoms with van der Waals surface area (Å²) in [4.78, 5) is 0. The maximum absolute atomic E-state index is 10.4. The van der Waals surface area contributed by atoms with Crippen LogP contribution >= 0.6 is 12.2 Å². The number of halogens is 2. The highest BCUT2D eigenvalue weighted by Gasteiger charge is 1.78. The maximum atomic E-state index is 10.4. The van der Waals surface area contributed by atoms with Crippen molar-refractivity contribution in [2.24, 2.45) is 0 Å². The molecule has 0 N–H and O–H groups in total. The minimum atomic E-state index is -1.19. The predicted molar refractivity (Wildman–Crippen MR) is 17.7 cm³/mol. The van der Waals surface area contributed by atoms with Crippen LogP contribution in [0.5, 0.6) is 0 Å². The van der Waals surface area contributed by atoms with Crippen molar-refractivity contribution in [2.75, 3.05) is 0 Å². The van der Waals surface area contributed by atoms with Gasteiger partial charge in [0.25, 0.3) is 0 Å². The molecule has 30 valence electrons. The first kappa shape index (κ1) is 4.75. The van der Waals surface area contributed by atoms with Crippen LogP contribution in [0.25, 0.3) is 0 Å². The lowest BCUT2D eigenvalue weighted by atomic mass is 11.5. The molecule has 0 atom stereocenters. The third kappa shape index (κ3) is 3.75. The van der Waals surface area contributed by atoms with Gasteiger partial charge in [-0.05, 0) is 5.34 Å². The summed E-state index contributed by atoms with van der Waals surface area (Å²) in [5.74, 6) is 0. The number of nitrogens with zero attached hydrogens (tertiary/aromatic N) is 1. The highest BCUT2D eigenvalue weighted by atomic mass is 32.1. The molecule has 0 rings (SSSR count). The molecule has 5 heavy (non-hydrogen) atoms. The molecule has 0 radical (unpaired) electrons. The van der Waals surface area contributed by atoms with Crippen LogP contribution in [0.15, 0.2) is 0 Å². The van der Waals surface area contributed by atoms with E-state index in [4.69, 9.17) is 0 Å². The van der Waals surface area contributed by atoms with Crippen LogP contribution in [-0.4, -0.2) is 10.8 Å². The molecule has 0 aliphatic heterocycles. The van der Waals surface area contributed by atoms with E-state index < -0.39 is 5.34 Å². The van der Waals surface area contributed by atoms with E-state index in [1.54, 1.807) is 0 Å². The van der Waals surface area contributed by atoms with E-state index in [-0.39, 0.29) is 5.49 Å². The Labute approximate surface area is 33.1 Å². The highest BCUT2D eigenvalue weighted by Crippen LogP contribution is 1.78. The third-order valence-corrected chi connectivity index (χ3v) is 0.239. The molecule has 1 nitrogen and oxygen atoms in total. The second kappa shape index (κ2) is 2.02. The molecular weight excluding hydrogens is 96.1 g/mol. The summed E-state index contributed by atoms with van der Waals surface area (Å²) < 4.78 is 20.9. The molecule has 0 fully saturated rings. The third-order valence-electron chi connectivity index (χ3n) is 0.0797. The summed E-state index contributed by atoms with van der Waals surface area (Å²) in [5, 5.41) is -1.19. The summed E-state index contributed by atoms with van der Waals surface area (Å²) in [6, 6.07) is 0. The van der Waals surface area contributed by atoms with Crippen molar-refractivity contribution in [3.63, 3.8) is 0 Å². The van der Waals surface area contributed by atoms with Gasteiger partial charge >= 0.3 is 0 Å². The van der Waals surface area contributed by atoms with Crippen molar-refractivity contribution < 1.29 is 8.96 Å². The van der Waals surface area contributed by atoms with Crippen LogP contribution in [0.1, 0.15) is 0 Å². The van der Waals surface area contributed by atoms with E-state index in [1.807, 2.05) is 0 Å². The predicted octanol–water partition coefficient (Wildman–Crippen LogP) is 1.01. The van der Waals surface area contributed by atoms with E-state index in [9.17, 15) is 8.96 Å². The van der Waals surface area contributed by atoms with Crippen molar-refractivity contribution in [1.82, 2.24) is 5.34 Å². The summed E-state index contributed by atoms with van der Waals surface area (Å²) in [5.41, 5.74) is 0.250. The lowest BCUT2D eigenvalue weighted by Crippen LogP contribution is -1.89. The summed E-state index contributed by atoms with van der Waals surface area (Å²) in [7, 11) is 0. The Morgan fingerprint density at radius 3 is 1.80 bits per heavy atom. The SMILES string of the molecule is FN(F)C=S. The normalized spacial score (nSPS) is 6.80. The van der Waals surface area contributed by atoms with Gasteiger partial charge in [-0.1, -0.05) is 21.2 Å². The summed E-state index contributed by atoms with van der Waals surface area (Å²) in [6.45, 7) is 0. The molecule has 0 aliphatic rings. The number of hydrogen-bond donors (Lipinski definition) is 0. The Balaban J connectivity index is 2.83. The van der Waals surface area contributed by atoms with Gasteiger partial charge in [0, 0.05) is 0 Å². The molecule has 4 heteroatoms. The molecule has 0 spiro atoms. The number of hydrogen-bond acceptors (Lipinski definition) is 1. The Kier molecular flexibility index (Phi) is 1.92. The smallest absolute Gasteiger partial charge is 0.0664 e. The zero-order valence-electron chi connectivity index (χ0n) is 2.19. The Morgan fingerprint density at radius 2 is 1.80 bits per heavy atom. The minimum Gasteiger partial charge on any atom is -0.0664 e. The van der Waals surface area contributed by atoms with Crippen LogP contribution in [0.2, 0.25) is 0 Å². The van der Waals surface area contributed by atoms with E-state index in [0.717, 1.165) is 0 Å². The lowest BCUT2D eigenvalue weighted by Gasteiger charge is -1.80. The average molecular weight is 97.1 g/mol. The van der Waals surface area contributed by atoms with Gasteiger partial charge in [-0.3, -0.25) is 0 Å². The van der Waals surface area contributed by atoms with Gasteiger partial charge in [0.05, 0.1) is 0 Å². The fourth-order valence-corrected chi connectivity index (χ4v) is 0. The molecule has 0 aliphatic carbocycles. The average Bonchev–Trinajstić information content (AvgIpc) is 1.38. The fourth-order valence-electron chi connectivity index (χ4n) is 0. The van der Waals surface area contributed by atoms with Crippen molar-refractivity contribution in [1.29, 1.82) is 0 Å². The van der Waals surface area contributed by atoms with Gasteiger partial charge < -0.3 is 0 Å². The van der Waals surface area contributed by atoms with Gasteiger partial charge in [-0.15, -0.1) is 0 Å². The number of rotatable bonds is 1. The Morgan fingerprint density at radius 1 is 1.60 bits per heavy atom. The monoisotopic (exact) mass is 97.0 g/mol. The molecule has 0 saturated heterocycles. The van der Waals surface area contributed by atoms with Crippen molar-refractivity contribution in [2.45, 2.75) is 0 Å². The first-order chi connectivity index (χ1) is 2.27. The van der Waals surface area contributed by atoms with E-state index in [1.165, 1.54) is 0 Å². The van der Waals surface area contributed by atoms with Gasteiger partial charge in [-0.25, -0.2) is 0 Å². The zero-order valence-corrected chi connectivity index (χ0v) is 3.01.